The molecule has 288 valence electrons. The first-order chi connectivity index (χ1) is 24.6. The van der Waals surface area contributed by atoms with E-state index in [9.17, 15) is 33.6 Å². The van der Waals surface area contributed by atoms with Crippen molar-refractivity contribution in [2.45, 2.75) is 79.9 Å². The minimum absolute atomic E-state index is 0.00131. The van der Waals surface area contributed by atoms with Gasteiger partial charge in [-0.05, 0) is 42.4 Å². The van der Waals surface area contributed by atoms with E-state index in [1.807, 2.05) is 34.6 Å². The average molecular weight is 731 g/mol. The summed E-state index contributed by atoms with van der Waals surface area (Å²) in [5, 5.41) is 8.03. The van der Waals surface area contributed by atoms with Crippen molar-refractivity contribution in [3.8, 4) is 0 Å². The molecule has 2 atom stereocenters. The maximum Gasteiger partial charge on any atom is 0.407 e. The van der Waals surface area contributed by atoms with E-state index in [0.717, 1.165) is 4.90 Å². The molecule has 15 heteroatoms. The zero-order valence-electron chi connectivity index (χ0n) is 31.1. The van der Waals surface area contributed by atoms with Gasteiger partial charge in [-0.3, -0.25) is 33.7 Å². The molecule has 0 saturated carbocycles. The Labute approximate surface area is 305 Å². The van der Waals surface area contributed by atoms with Crippen LogP contribution in [0.25, 0.3) is 0 Å². The number of nitrogens with zero attached hydrogens (tertiary/aromatic N) is 1. The van der Waals surface area contributed by atoms with Crippen LogP contribution in [0, 0.1) is 17.3 Å². The molecular weight excluding hydrogens is 676 g/mol. The van der Waals surface area contributed by atoms with Gasteiger partial charge in [0, 0.05) is 49.6 Å². The Morgan fingerprint density at radius 1 is 0.808 bits per heavy atom. The molecule has 2 rings (SSSR count). The van der Waals surface area contributed by atoms with Crippen LogP contribution in [0.4, 0.5) is 10.5 Å². The lowest BCUT2D eigenvalue weighted by atomic mass is 9.89. The van der Waals surface area contributed by atoms with Crippen molar-refractivity contribution in [1.82, 2.24) is 15.5 Å². The highest BCUT2D eigenvalue weighted by Gasteiger charge is 2.28. The van der Waals surface area contributed by atoms with E-state index in [-0.39, 0.29) is 100 Å². The molecular formula is C37H54N4O11. The Kier molecular flexibility index (Phi) is 18.7. The maximum atomic E-state index is 13.0. The molecule has 5 amide bonds. The molecule has 3 N–H and O–H groups in total. The monoisotopic (exact) mass is 730 g/mol. The highest BCUT2D eigenvalue weighted by molar-refractivity contribution is 6.12. The minimum atomic E-state index is -0.878. The zero-order valence-corrected chi connectivity index (χ0v) is 31.1. The summed E-state index contributed by atoms with van der Waals surface area (Å²) >= 11 is 0. The van der Waals surface area contributed by atoms with Gasteiger partial charge in [-0.15, -0.1) is 0 Å². The van der Waals surface area contributed by atoms with Gasteiger partial charge < -0.3 is 34.9 Å². The number of benzene rings is 1. The fraction of sp³-hybridized carbons (Fsp3) is 0.595. The number of carbonyl (C=O) groups is 7. The van der Waals surface area contributed by atoms with Crippen LogP contribution in [0.2, 0.25) is 0 Å². The smallest absolute Gasteiger partial charge is 0.407 e. The molecule has 1 aromatic carbocycles. The number of imide groups is 1. The van der Waals surface area contributed by atoms with E-state index in [0.29, 0.717) is 24.3 Å². The molecule has 0 radical (unpaired) electrons. The van der Waals surface area contributed by atoms with Crippen molar-refractivity contribution >= 4 is 47.2 Å². The van der Waals surface area contributed by atoms with Gasteiger partial charge in [0.1, 0.15) is 18.4 Å². The largest absolute Gasteiger partial charge is 0.465 e. The SMILES string of the molecule is CC(C)[C@H](CC(=O)CCOCCOCCN1C(=O)C=CC1=O)C(=O)N[C@@H](C)C(=O)Nc1ccc(COC(=O)NCCCC(=O)OCC(C)(C)C)cc1. The molecule has 0 fully saturated rings. The molecule has 0 aliphatic carbocycles. The summed E-state index contributed by atoms with van der Waals surface area (Å²) in [4.78, 5) is 86.3. The summed E-state index contributed by atoms with van der Waals surface area (Å²) in [5.41, 5.74) is 1.06. The van der Waals surface area contributed by atoms with Crippen LogP contribution in [-0.4, -0.2) is 98.5 Å². The van der Waals surface area contributed by atoms with Gasteiger partial charge in [-0.25, -0.2) is 4.79 Å². The predicted molar refractivity (Wildman–Crippen MR) is 191 cm³/mol. The number of carbonyl (C=O) groups excluding carboxylic acids is 7. The Morgan fingerprint density at radius 3 is 2.06 bits per heavy atom. The van der Waals surface area contributed by atoms with Gasteiger partial charge in [0.2, 0.25) is 11.8 Å². The number of hydrogen-bond acceptors (Lipinski definition) is 11. The first-order valence-corrected chi connectivity index (χ1v) is 17.5. The van der Waals surface area contributed by atoms with E-state index < -0.39 is 29.9 Å². The van der Waals surface area contributed by atoms with Crippen LogP contribution in [0.15, 0.2) is 36.4 Å². The molecule has 0 aromatic heterocycles. The average Bonchev–Trinajstić information content (AvgIpc) is 3.40. The molecule has 1 aromatic rings. The third-order valence-corrected chi connectivity index (χ3v) is 7.68. The number of nitrogens with one attached hydrogen (secondary N) is 3. The predicted octanol–water partition coefficient (Wildman–Crippen LogP) is 3.31. The molecule has 52 heavy (non-hydrogen) atoms. The number of hydrogen-bond donors (Lipinski definition) is 3. The number of rotatable bonds is 23. The van der Waals surface area contributed by atoms with Gasteiger partial charge in [-0.1, -0.05) is 46.8 Å². The topological polar surface area (TPSA) is 196 Å². The van der Waals surface area contributed by atoms with Crippen LogP contribution in [0.5, 0.6) is 0 Å². The maximum absolute atomic E-state index is 13.0. The lowest BCUT2D eigenvalue weighted by Crippen LogP contribution is -2.45. The van der Waals surface area contributed by atoms with Crippen LogP contribution in [0.3, 0.4) is 0 Å². The summed E-state index contributed by atoms with van der Waals surface area (Å²) < 4.78 is 21.2. The van der Waals surface area contributed by atoms with E-state index in [1.54, 1.807) is 31.2 Å². The van der Waals surface area contributed by atoms with Gasteiger partial charge >= 0.3 is 12.1 Å². The van der Waals surface area contributed by atoms with Gasteiger partial charge in [0.25, 0.3) is 11.8 Å². The molecule has 1 aliphatic heterocycles. The van der Waals surface area contributed by atoms with E-state index in [4.69, 9.17) is 18.9 Å². The molecule has 1 heterocycles. The number of ketones is 1. The quantitative estimate of drug-likeness (QED) is 0.0849. The van der Waals surface area contributed by atoms with Gasteiger partial charge in [0.15, 0.2) is 0 Å². The van der Waals surface area contributed by atoms with Crippen LogP contribution >= 0.6 is 0 Å². The molecule has 0 unspecified atom stereocenters. The second-order valence-corrected chi connectivity index (χ2v) is 14.0. The van der Waals surface area contributed by atoms with E-state index in [2.05, 4.69) is 16.0 Å². The fourth-order valence-electron chi connectivity index (χ4n) is 4.61. The Bertz CT molecular complexity index is 1380. The third kappa shape index (κ3) is 17.5. The molecule has 0 saturated heterocycles. The first kappa shape index (κ1) is 43.5. The van der Waals surface area contributed by atoms with Crippen molar-refractivity contribution in [2.75, 3.05) is 51.4 Å². The second kappa shape index (κ2) is 22.3. The molecule has 1 aliphatic rings. The highest BCUT2D eigenvalue weighted by Crippen LogP contribution is 2.18. The summed E-state index contributed by atoms with van der Waals surface area (Å²) in [5.74, 6) is -2.85. The van der Waals surface area contributed by atoms with Crippen molar-refractivity contribution < 1.29 is 52.5 Å². The highest BCUT2D eigenvalue weighted by atomic mass is 16.5. The Hall–Kier alpha value is -4.63. The standard InChI is InChI=1S/C37H54N4O11/c1-25(2)30(22-29(42)15-18-49-20-21-50-19-17-41-31(43)13-14-32(41)44)35(47)39-26(3)34(46)40-28-11-9-27(10-12-28)23-51-36(48)38-16-7-8-33(45)52-24-37(4,5)6/h9-14,25-26,30H,7-8,15-24H2,1-6H3,(H,38,48)(H,39,47)(H,40,46)/t26-,30-/m0/s1. The number of anilines is 1. The lowest BCUT2D eigenvalue weighted by Gasteiger charge is -2.22. The minimum Gasteiger partial charge on any atom is -0.465 e. The third-order valence-electron chi connectivity index (χ3n) is 7.68. The van der Waals surface area contributed by atoms with Crippen LogP contribution < -0.4 is 16.0 Å². The number of alkyl carbamates (subject to hydrolysis) is 1. The zero-order chi connectivity index (χ0) is 38.7. The van der Waals surface area contributed by atoms with Crippen molar-refractivity contribution in [1.29, 1.82) is 0 Å². The normalized spacial score (nSPS) is 13.9. The summed E-state index contributed by atoms with van der Waals surface area (Å²) in [6.07, 6.45) is 2.52. The van der Waals surface area contributed by atoms with E-state index in [1.165, 1.54) is 12.2 Å². The van der Waals surface area contributed by atoms with Gasteiger partial charge in [0.05, 0.1) is 39.6 Å². The van der Waals surface area contributed by atoms with E-state index >= 15 is 0 Å². The second-order valence-electron chi connectivity index (χ2n) is 14.0. The Morgan fingerprint density at radius 2 is 1.44 bits per heavy atom. The molecule has 0 spiro atoms. The summed E-state index contributed by atoms with van der Waals surface area (Å²) in [6.45, 7) is 12.7. The number of amides is 5. The van der Waals surface area contributed by atoms with Gasteiger partial charge in [-0.2, -0.15) is 0 Å². The number of ether oxygens (including phenoxy) is 4. The number of esters is 1. The summed E-state index contributed by atoms with van der Waals surface area (Å²) in [7, 11) is 0. The fourth-order valence-corrected chi connectivity index (χ4v) is 4.61. The summed E-state index contributed by atoms with van der Waals surface area (Å²) in [6, 6.07) is 5.79. The van der Waals surface area contributed by atoms with Crippen LogP contribution in [-0.2, 0) is 54.3 Å². The molecule has 15 nitrogen and oxygen atoms in total. The first-order valence-electron chi connectivity index (χ1n) is 17.5. The van der Waals surface area contributed by atoms with Crippen LogP contribution in [0.1, 0.15) is 72.8 Å². The van der Waals surface area contributed by atoms with Crippen molar-refractivity contribution in [2.24, 2.45) is 17.3 Å². The Balaban J connectivity index is 1.63. The van der Waals surface area contributed by atoms with Crippen molar-refractivity contribution in [3.63, 3.8) is 0 Å². The lowest BCUT2D eigenvalue weighted by molar-refractivity contribution is -0.146. The van der Waals surface area contributed by atoms with Crippen molar-refractivity contribution in [3.05, 3.63) is 42.0 Å². The number of Topliss-reactive ketones (excluding diaryl/α,β-unsaturated/α-hetero) is 1. The molecule has 0 bridgehead atoms.